The van der Waals surface area contributed by atoms with Gasteiger partial charge in [-0.25, -0.2) is 4.98 Å². The molecule has 0 saturated heterocycles. The third-order valence-electron chi connectivity index (χ3n) is 2.02. The average Bonchev–Trinajstić information content (AvgIpc) is 2.73. The second-order valence-corrected chi connectivity index (χ2v) is 6.30. The topological polar surface area (TPSA) is 71.8 Å². The molecule has 4 nitrogen and oxygen atoms in total. The number of hydrogen-bond acceptors (Lipinski definition) is 5. The highest BCUT2D eigenvalue weighted by Gasteiger charge is 2.14. The Bertz CT molecular complexity index is 554. The van der Waals surface area contributed by atoms with Gasteiger partial charge < -0.3 is 10.7 Å². The van der Waals surface area contributed by atoms with Crippen molar-refractivity contribution in [2.75, 3.05) is 6.54 Å². The molecule has 90 valence electrons. The Morgan fingerprint density at radius 3 is 3.06 bits per heavy atom. The third-order valence-corrected chi connectivity index (χ3v) is 5.14. The quantitative estimate of drug-likeness (QED) is 0.666. The molecule has 0 aliphatic rings. The van der Waals surface area contributed by atoms with Crippen LogP contribution in [-0.2, 0) is 0 Å². The zero-order valence-electron chi connectivity index (χ0n) is 8.72. The smallest absolute Gasteiger partial charge is 0.251 e. The van der Waals surface area contributed by atoms with Crippen LogP contribution in [0.4, 0.5) is 0 Å². The number of aromatic nitrogens is 2. The predicted molar refractivity (Wildman–Crippen MR) is 74.5 cm³/mol. The molecular formula is C10H10BrN3OS2. The fraction of sp³-hybridized carbons (Fsp3) is 0.200. The first-order chi connectivity index (χ1) is 8.19. The zero-order chi connectivity index (χ0) is 12.3. The normalized spacial score (nSPS) is 12.6. The van der Waals surface area contributed by atoms with E-state index in [4.69, 9.17) is 5.73 Å². The van der Waals surface area contributed by atoms with Crippen molar-refractivity contribution in [1.82, 2.24) is 9.97 Å². The Balaban J connectivity index is 2.18. The molecule has 0 radical (unpaired) electrons. The summed E-state index contributed by atoms with van der Waals surface area (Å²) in [7, 11) is 0. The highest BCUT2D eigenvalue weighted by molar-refractivity contribution is 9.10. The molecule has 3 N–H and O–H groups in total. The molecule has 2 aromatic heterocycles. The molecule has 0 bridgehead atoms. The highest BCUT2D eigenvalue weighted by atomic mass is 79.9. The molecule has 2 heterocycles. The van der Waals surface area contributed by atoms with Gasteiger partial charge in [-0.1, -0.05) is 11.8 Å². The van der Waals surface area contributed by atoms with Crippen LogP contribution < -0.4 is 11.3 Å². The van der Waals surface area contributed by atoms with Crippen LogP contribution in [0.3, 0.4) is 0 Å². The Hall–Kier alpha value is -0.630. The summed E-state index contributed by atoms with van der Waals surface area (Å²) in [4.78, 5) is 19.1. The van der Waals surface area contributed by atoms with E-state index in [1.54, 1.807) is 11.3 Å². The molecule has 0 amide bonds. The van der Waals surface area contributed by atoms with E-state index in [1.165, 1.54) is 24.0 Å². The number of nitrogens with zero attached hydrogens (tertiary/aromatic N) is 1. The van der Waals surface area contributed by atoms with Gasteiger partial charge in [-0.15, -0.1) is 11.3 Å². The van der Waals surface area contributed by atoms with Crippen LogP contribution in [-0.4, -0.2) is 16.5 Å². The van der Waals surface area contributed by atoms with Gasteiger partial charge in [0.15, 0.2) is 5.16 Å². The monoisotopic (exact) mass is 331 g/mol. The lowest BCUT2D eigenvalue weighted by Crippen LogP contribution is -2.11. The Morgan fingerprint density at radius 2 is 2.47 bits per heavy atom. The molecule has 2 aromatic rings. The predicted octanol–water partition coefficient (Wildman–Crippen LogP) is 2.39. The number of halogens is 1. The van der Waals surface area contributed by atoms with Crippen LogP contribution in [0.5, 0.6) is 0 Å². The van der Waals surface area contributed by atoms with E-state index in [9.17, 15) is 4.79 Å². The van der Waals surface area contributed by atoms with Crippen molar-refractivity contribution in [3.63, 3.8) is 0 Å². The van der Waals surface area contributed by atoms with E-state index in [0.29, 0.717) is 11.7 Å². The SMILES string of the molecule is NCC(Sc1nccc(=O)[nH]1)c1cc(Br)cs1. The van der Waals surface area contributed by atoms with Crippen LogP contribution in [0, 0.1) is 0 Å². The maximum absolute atomic E-state index is 11.2. The van der Waals surface area contributed by atoms with Crippen LogP contribution in [0.25, 0.3) is 0 Å². The van der Waals surface area contributed by atoms with Gasteiger partial charge in [0.05, 0.1) is 5.25 Å². The first kappa shape index (κ1) is 12.8. The largest absolute Gasteiger partial charge is 0.329 e. The minimum Gasteiger partial charge on any atom is -0.329 e. The van der Waals surface area contributed by atoms with E-state index in [1.807, 2.05) is 11.4 Å². The molecule has 7 heteroatoms. The standard InChI is InChI=1S/C10H10BrN3OS2/c11-6-3-7(16-5-6)8(4-12)17-10-13-2-1-9(15)14-10/h1-3,5,8H,4,12H2,(H,13,14,15). The van der Waals surface area contributed by atoms with Gasteiger partial charge in [-0.3, -0.25) is 4.79 Å². The lowest BCUT2D eigenvalue weighted by Gasteiger charge is -2.10. The molecule has 1 atom stereocenters. The first-order valence-electron chi connectivity index (χ1n) is 4.85. The lowest BCUT2D eigenvalue weighted by molar-refractivity contribution is 0.905. The summed E-state index contributed by atoms with van der Waals surface area (Å²) in [6.45, 7) is 0.496. The van der Waals surface area contributed by atoms with Gasteiger partial charge in [0.1, 0.15) is 0 Å². The van der Waals surface area contributed by atoms with E-state index in [2.05, 4.69) is 25.9 Å². The molecule has 1 unspecified atom stereocenters. The number of H-pyrrole nitrogens is 1. The van der Waals surface area contributed by atoms with E-state index < -0.39 is 0 Å². The molecule has 0 aliphatic carbocycles. The summed E-state index contributed by atoms with van der Waals surface area (Å²) in [5.74, 6) is 0. The molecule has 0 aliphatic heterocycles. The van der Waals surface area contributed by atoms with Crippen molar-refractivity contribution in [2.45, 2.75) is 10.4 Å². The number of nitrogens with two attached hydrogens (primary N) is 1. The Labute approximate surface area is 115 Å². The van der Waals surface area contributed by atoms with Crippen molar-refractivity contribution in [2.24, 2.45) is 5.73 Å². The summed E-state index contributed by atoms with van der Waals surface area (Å²) in [6.07, 6.45) is 1.50. The lowest BCUT2D eigenvalue weighted by atomic mass is 10.3. The summed E-state index contributed by atoms with van der Waals surface area (Å²) in [6, 6.07) is 3.43. The molecule has 17 heavy (non-hydrogen) atoms. The van der Waals surface area contributed by atoms with Crippen molar-refractivity contribution in [1.29, 1.82) is 0 Å². The molecule has 0 fully saturated rings. The third kappa shape index (κ3) is 3.41. The molecule has 0 aromatic carbocycles. The Morgan fingerprint density at radius 1 is 1.65 bits per heavy atom. The minimum absolute atomic E-state index is 0.108. The van der Waals surface area contributed by atoms with Crippen LogP contribution in [0.1, 0.15) is 10.1 Å². The number of hydrogen-bond donors (Lipinski definition) is 2. The fourth-order valence-corrected chi connectivity index (χ4v) is 3.85. The maximum atomic E-state index is 11.2. The first-order valence-corrected chi connectivity index (χ1v) is 7.40. The van der Waals surface area contributed by atoms with E-state index in [-0.39, 0.29) is 10.8 Å². The van der Waals surface area contributed by atoms with Crippen molar-refractivity contribution in [3.05, 3.63) is 43.4 Å². The molecule has 0 spiro atoms. The molecule has 0 saturated carbocycles. The van der Waals surface area contributed by atoms with Crippen LogP contribution >= 0.6 is 39.0 Å². The van der Waals surface area contributed by atoms with E-state index in [0.717, 1.165) is 9.35 Å². The summed E-state index contributed by atoms with van der Waals surface area (Å²) in [5, 5.41) is 2.72. The average molecular weight is 332 g/mol. The molecular weight excluding hydrogens is 322 g/mol. The highest BCUT2D eigenvalue weighted by Crippen LogP contribution is 2.36. The van der Waals surface area contributed by atoms with Crippen LogP contribution in [0.2, 0.25) is 0 Å². The number of thiophene rings is 1. The summed E-state index contributed by atoms with van der Waals surface area (Å²) >= 11 is 6.52. The summed E-state index contributed by atoms with van der Waals surface area (Å²) in [5.41, 5.74) is 5.60. The van der Waals surface area contributed by atoms with Gasteiger partial charge >= 0.3 is 0 Å². The second-order valence-electron chi connectivity index (χ2n) is 3.25. The van der Waals surface area contributed by atoms with Crippen molar-refractivity contribution in [3.8, 4) is 0 Å². The van der Waals surface area contributed by atoms with Gasteiger partial charge in [0.2, 0.25) is 0 Å². The van der Waals surface area contributed by atoms with Crippen LogP contribution in [0.15, 0.2) is 38.1 Å². The zero-order valence-corrected chi connectivity index (χ0v) is 11.9. The second kappa shape index (κ2) is 5.81. The minimum atomic E-state index is -0.148. The number of thioether (sulfide) groups is 1. The summed E-state index contributed by atoms with van der Waals surface area (Å²) < 4.78 is 1.05. The number of aromatic amines is 1. The van der Waals surface area contributed by atoms with Gasteiger partial charge in [-0.2, -0.15) is 0 Å². The number of nitrogens with one attached hydrogen (secondary N) is 1. The molecule has 2 rings (SSSR count). The van der Waals surface area contributed by atoms with E-state index >= 15 is 0 Å². The fourth-order valence-electron chi connectivity index (χ4n) is 1.27. The van der Waals surface area contributed by atoms with Crippen molar-refractivity contribution >= 4 is 39.0 Å². The van der Waals surface area contributed by atoms with Gasteiger partial charge in [-0.05, 0) is 22.0 Å². The Kier molecular flexibility index (Phi) is 4.38. The van der Waals surface area contributed by atoms with Gasteiger partial charge in [0, 0.05) is 33.5 Å². The van der Waals surface area contributed by atoms with Crippen molar-refractivity contribution < 1.29 is 0 Å². The maximum Gasteiger partial charge on any atom is 0.251 e. The van der Waals surface area contributed by atoms with Gasteiger partial charge in [0.25, 0.3) is 5.56 Å². The number of rotatable bonds is 4.